The molecule has 3 aliphatic rings. The summed E-state index contributed by atoms with van der Waals surface area (Å²) in [5.74, 6) is 1.98. The summed E-state index contributed by atoms with van der Waals surface area (Å²) in [6.45, 7) is 17.0. The lowest BCUT2D eigenvalue weighted by Crippen LogP contribution is -2.38. The second-order valence-electron chi connectivity index (χ2n) is 12.4. The molecule has 0 bridgehead atoms. The third-order valence-corrected chi connectivity index (χ3v) is 8.46. The van der Waals surface area contributed by atoms with E-state index in [1.165, 1.54) is 5.56 Å². The summed E-state index contributed by atoms with van der Waals surface area (Å²) in [7, 11) is 0. The normalized spacial score (nSPS) is 17.4. The van der Waals surface area contributed by atoms with E-state index in [2.05, 4.69) is 50.8 Å². The maximum Gasteiger partial charge on any atom is 0.325 e. The molecule has 0 N–H and O–H groups in total. The molecule has 0 atom stereocenters. The number of hydrogen-bond acceptors (Lipinski definition) is 8. The van der Waals surface area contributed by atoms with Crippen LogP contribution in [0.15, 0.2) is 30.3 Å². The minimum absolute atomic E-state index is 0.0334. The molecule has 0 amide bonds. The van der Waals surface area contributed by atoms with Crippen LogP contribution in [0.2, 0.25) is 0 Å². The monoisotopic (exact) mass is 590 g/mol. The predicted molar refractivity (Wildman–Crippen MR) is 168 cm³/mol. The Labute approximate surface area is 255 Å². The van der Waals surface area contributed by atoms with E-state index in [0.29, 0.717) is 38.5 Å². The molecule has 43 heavy (non-hydrogen) atoms. The molecule has 0 radical (unpaired) electrons. The SMILES string of the molecule is CCC=C1c2cc(OCC)c(OCC)cc2C2(CC2)N1CC(=O)c1cc2c(c(C(C)(C)C)c1)OCCN2CC(=O)OCC. The smallest absolute Gasteiger partial charge is 0.325 e. The highest BCUT2D eigenvalue weighted by atomic mass is 16.5. The molecule has 8 nitrogen and oxygen atoms in total. The van der Waals surface area contributed by atoms with Crippen LogP contribution in [0.4, 0.5) is 5.69 Å². The zero-order chi connectivity index (χ0) is 30.9. The first-order valence-corrected chi connectivity index (χ1v) is 15.7. The van der Waals surface area contributed by atoms with Gasteiger partial charge in [0.25, 0.3) is 0 Å². The molecule has 1 aliphatic carbocycles. The Morgan fingerprint density at radius 1 is 0.953 bits per heavy atom. The Morgan fingerprint density at radius 2 is 1.65 bits per heavy atom. The van der Waals surface area contributed by atoms with Crippen molar-refractivity contribution in [3.63, 3.8) is 0 Å². The van der Waals surface area contributed by atoms with Crippen molar-refractivity contribution < 1.29 is 28.5 Å². The van der Waals surface area contributed by atoms with Crippen molar-refractivity contribution in [3.05, 3.63) is 52.6 Å². The number of rotatable bonds is 11. The quantitative estimate of drug-likeness (QED) is 0.217. The van der Waals surface area contributed by atoms with E-state index in [-0.39, 0.29) is 35.8 Å². The van der Waals surface area contributed by atoms with E-state index < -0.39 is 0 Å². The highest BCUT2D eigenvalue weighted by Crippen LogP contribution is 2.61. The van der Waals surface area contributed by atoms with Gasteiger partial charge in [-0.2, -0.15) is 0 Å². The topological polar surface area (TPSA) is 77.5 Å². The van der Waals surface area contributed by atoms with Gasteiger partial charge in [0.05, 0.1) is 44.1 Å². The van der Waals surface area contributed by atoms with Gasteiger partial charge in [-0.05, 0) is 75.3 Å². The zero-order valence-electron chi connectivity index (χ0n) is 26.8. The van der Waals surface area contributed by atoms with Crippen molar-refractivity contribution in [2.45, 2.75) is 78.7 Å². The third kappa shape index (κ3) is 5.80. The summed E-state index contributed by atoms with van der Waals surface area (Å²) in [6.07, 6.45) is 5.02. The van der Waals surface area contributed by atoms with Crippen molar-refractivity contribution in [1.82, 2.24) is 4.90 Å². The summed E-state index contributed by atoms with van der Waals surface area (Å²) in [6, 6.07) is 8.11. The van der Waals surface area contributed by atoms with Gasteiger partial charge in [-0.25, -0.2) is 0 Å². The van der Waals surface area contributed by atoms with Gasteiger partial charge in [0.1, 0.15) is 18.9 Å². The Morgan fingerprint density at radius 3 is 2.26 bits per heavy atom. The van der Waals surface area contributed by atoms with Crippen molar-refractivity contribution >= 4 is 23.1 Å². The van der Waals surface area contributed by atoms with Crippen LogP contribution in [0.3, 0.4) is 0 Å². The fraction of sp³-hybridized carbons (Fsp3) is 0.543. The molecule has 2 aromatic rings. The van der Waals surface area contributed by atoms with Crippen LogP contribution in [0.1, 0.15) is 94.8 Å². The summed E-state index contributed by atoms with van der Waals surface area (Å²) in [5.41, 5.74) is 5.27. The molecule has 1 spiro atoms. The Balaban J connectivity index is 1.53. The molecule has 232 valence electrons. The number of carbonyl (C=O) groups excluding carboxylic acids is 2. The number of carbonyl (C=O) groups is 2. The van der Waals surface area contributed by atoms with Crippen LogP contribution in [0, 0.1) is 0 Å². The number of fused-ring (bicyclic) bond motifs is 3. The average Bonchev–Trinajstić information content (AvgIpc) is 3.73. The molecule has 1 fully saturated rings. The Bertz CT molecular complexity index is 1420. The Kier molecular flexibility index (Phi) is 8.68. The average molecular weight is 591 g/mol. The van der Waals surface area contributed by atoms with Crippen LogP contribution in [0.25, 0.3) is 5.70 Å². The van der Waals surface area contributed by atoms with Gasteiger partial charge in [-0.1, -0.05) is 33.8 Å². The minimum atomic E-state index is -0.290. The highest BCUT2D eigenvalue weighted by molar-refractivity contribution is 6.01. The van der Waals surface area contributed by atoms with Gasteiger partial charge in [0.15, 0.2) is 17.3 Å². The standard InChI is InChI=1S/C35H46N2O6/c1-8-12-27-24-19-30(40-9-2)31(41-10-3)20-25(24)35(13-14-35)37(27)21-29(38)23-17-26(34(5,6)7)33-28(18-23)36(15-16-43-33)22-32(39)42-11-4/h12,17-20H,8-11,13-16,21-22H2,1-7H3. The fourth-order valence-corrected chi connectivity index (χ4v) is 6.38. The van der Waals surface area contributed by atoms with Gasteiger partial charge >= 0.3 is 5.97 Å². The van der Waals surface area contributed by atoms with Crippen molar-refractivity contribution in [2.24, 2.45) is 0 Å². The van der Waals surface area contributed by atoms with Crippen LogP contribution in [0.5, 0.6) is 17.2 Å². The summed E-state index contributed by atoms with van der Waals surface area (Å²) < 4.78 is 23.4. The first-order chi connectivity index (χ1) is 20.6. The first kappa shape index (κ1) is 30.8. The van der Waals surface area contributed by atoms with Crippen LogP contribution in [-0.2, 0) is 20.5 Å². The minimum Gasteiger partial charge on any atom is -0.490 e. The number of esters is 1. The molecular weight excluding hydrogens is 544 g/mol. The van der Waals surface area contributed by atoms with Crippen LogP contribution in [-0.4, -0.2) is 62.7 Å². The van der Waals surface area contributed by atoms with E-state index in [1.807, 2.05) is 30.9 Å². The number of Topliss-reactive ketones (excluding diaryl/α,β-unsaturated/α-hetero) is 1. The molecule has 2 aromatic carbocycles. The predicted octanol–water partition coefficient (Wildman–Crippen LogP) is 6.48. The van der Waals surface area contributed by atoms with Gasteiger partial charge in [0, 0.05) is 22.4 Å². The van der Waals surface area contributed by atoms with Gasteiger partial charge in [0.2, 0.25) is 0 Å². The van der Waals surface area contributed by atoms with E-state index in [0.717, 1.165) is 59.0 Å². The second-order valence-corrected chi connectivity index (χ2v) is 12.4. The van der Waals surface area contributed by atoms with E-state index in [9.17, 15) is 9.59 Å². The lowest BCUT2D eigenvalue weighted by molar-refractivity contribution is -0.141. The molecule has 0 aromatic heterocycles. The van der Waals surface area contributed by atoms with Crippen molar-refractivity contribution in [1.29, 1.82) is 0 Å². The lowest BCUT2D eigenvalue weighted by atomic mass is 9.84. The van der Waals surface area contributed by atoms with Crippen LogP contribution < -0.4 is 19.1 Å². The van der Waals surface area contributed by atoms with Crippen molar-refractivity contribution in [2.75, 3.05) is 51.0 Å². The number of anilines is 1. The number of hydrogen-bond donors (Lipinski definition) is 0. The molecule has 1 saturated carbocycles. The first-order valence-electron chi connectivity index (χ1n) is 15.7. The number of ketones is 1. The molecule has 8 heteroatoms. The molecule has 5 rings (SSSR count). The lowest BCUT2D eigenvalue weighted by Gasteiger charge is -2.35. The van der Waals surface area contributed by atoms with E-state index in [4.69, 9.17) is 18.9 Å². The third-order valence-electron chi connectivity index (χ3n) is 8.46. The number of ether oxygens (including phenoxy) is 4. The second kappa shape index (κ2) is 12.1. The molecule has 0 saturated heterocycles. The van der Waals surface area contributed by atoms with Gasteiger partial charge < -0.3 is 28.7 Å². The molecule has 2 heterocycles. The van der Waals surface area contributed by atoms with Gasteiger partial charge in [-0.15, -0.1) is 0 Å². The summed E-state index contributed by atoms with van der Waals surface area (Å²) >= 11 is 0. The molecule has 0 unspecified atom stereocenters. The Hall–Kier alpha value is -3.68. The zero-order valence-corrected chi connectivity index (χ0v) is 26.8. The highest BCUT2D eigenvalue weighted by Gasteiger charge is 2.56. The van der Waals surface area contributed by atoms with E-state index >= 15 is 0 Å². The number of allylic oxidation sites excluding steroid dienone is 1. The van der Waals surface area contributed by atoms with Gasteiger partial charge in [-0.3, -0.25) is 9.59 Å². The molecular formula is C35H46N2O6. The summed E-state index contributed by atoms with van der Waals surface area (Å²) in [4.78, 5) is 31.0. The maximum absolute atomic E-state index is 14.3. The fourth-order valence-electron chi connectivity index (χ4n) is 6.38. The number of nitrogens with zero attached hydrogens (tertiary/aromatic N) is 2. The largest absolute Gasteiger partial charge is 0.490 e. The summed E-state index contributed by atoms with van der Waals surface area (Å²) in [5, 5.41) is 0. The van der Waals surface area contributed by atoms with Crippen molar-refractivity contribution in [3.8, 4) is 17.2 Å². The number of benzene rings is 2. The maximum atomic E-state index is 14.3. The van der Waals surface area contributed by atoms with Crippen LogP contribution >= 0.6 is 0 Å². The molecule has 2 aliphatic heterocycles. The van der Waals surface area contributed by atoms with E-state index in [1.54, 1.807) is 6.92 Å².